The fourth-order valence-electron chi connectivity index (χ4n) is 2.06. The normalized spacial score (nSPS) is 23.2. The van der Waals surface area contributed by atoms with Gasteiger partial charge in [-0.15, -0.1) is 0 Å². The summed E-state index contributed by atoms with van der Waals surface area (Å²) in [5.74, 6) is -2.00. The fraction of sp³-hybridized carbons (Fsp3) is 0.455. The van der Waals surface area contributed by atoms with Crippen LogP contribution in [0.4, 0.5) is 8.78 Å². The summed E-state index contributed by atoms with van der Waals surface area (Å²) in [5, 5.41) is 2.97. The third kappa shape index (κ3) is 3.17. The van der Waals surface area contributed by atoms with Crippen molar-refractivity contribution in [1.82, 2.24) is 10.0 Å². The number of benzene rings is 1. The van der Waals surface area contributed by atoms with Gasteiger partial charge in [-0.1, -0.05) is 0 Å². The van der Waals surface area contributed by atoms with Crippen molar-refractivity contribution in [2.24, 2.45) is 0 Å². The van der Waals surface area contributed by atoms with Crippen LogP contribution in [0.1, 0.15) is 0 Å². The molecule has 0 bridgehead atoms. The van der Waals surface area contributed by atoms with Crippen molar-refractivity contribution < 1.29 is 21.9 Å². The van der Waals surface area contributed by atoms with Gasteiger partial charge < -0.3 is 10.1 Å². The molecule has 1 aliphatic rings. The average molecular weight is 371 g/mol. The minimum Gasteiger partial charge on any atom is -0.378 e. The Labute approximate surface area is 123 Å². The molecule has 1 fully saturated rings. The molecular formula is C11H13BrF2N2O3S. The summed E-state index contributed by atoms with van der Waals surface area (Å²) in [6.45, 7) is 0.870. The lowest BCUT2D eigenvalue weighted by Gasteiger charge is -2.19. The van der Waals surface area contributed by atoms with Crippen molar-refractivity contribution in [3.8, 4) is 0 Å². The highest BCUT2D eigenvalue weighted by Crippen LogP contribution is 2.26. The summed E-state index contributed by atoms with van der Waals surface area (Å²) in [4.78, 5) is -0.611. The van der Waals surface area contributed by atoms with Crippen LogP contribution in [0.25, 0.3) is 0 Å². The number of nitrogens with one attached hydrogen (secondary N) is 2. The van der Waals surface area contributed by atoms with Gasteiger partial charge in [-0.2, -0.15) is 0 Å². The van der Waals surface area contributed by atoms with E-state index in [4.69, 9.17) is 4.74 Å². The first-order valence-corrected chi connectivity index (χ1v) is 8.03. The van der Waals surface area contributed by atoms with Crippen LogP contribution in [0.2, 0.25) is 0 Å². The van der Waals surface area contributed by atoms with Crippen molar-refractivity contribution >= 4 is 26.0 Å². The molecule has 0 radical (unpaired) electrons. The van der Waals surface area contributed by atoms with E-state index in [1.165, 1.54) is 7.11 Å². The lowest BCUT2D eigenvalue weighted by Crippen LogP contribution is -2.43. The Balaban J connectivity index is 2.32. The number of rotatable bonds is 4. The lowest BCUT2D eigenvalue weighted by atomic mass is 10.2. The topological polar surface area (TPSA) is 67.4 Å². The van der Waals surface area contributed by atoms with Gasteiger partial charge in [-0.25, -0.2) is 21.9 Å². The largest absolute Gasteiger partial charge is 0.378 e. The molecule has 0 aromatic heterocycles. The van der Waals surface area contributed by atoms with Crippen LogP contribution in [0.3, 0.4) is 0 Å². The van der Waals surface area contributed by atoms with Crippen molar-refractivity contribution in [2.45, 2.75) is 17.0 Å². The molecule has 0 spiro atoms. The summed E-state index contributed by atoms with van der Waals surface area (Å²) in [6, 6.07) is 0.916. The fourth-order valence-corrected chi connectivity index (χ4v) is 4.49. The maximum absolute atomic E-state index is 13.7. The van der Waals surface area contributed by atoms with E-state index in [9.17, 15) is 17.2 Å². The van der Waals surface area contributed by atoms with E-state index in [0.29, 0.717) is 19.2 Å². The first kappa shape index (κ1) is 15.8. The van der Waals surface area contributed by atoms with Crippen molar-refractivity contribution in [1.29, 1.82) is 0 Å². The van der Waals surface area contributed by atoms with E-state index >= 15 is 0 Å². The Kier molecular flexibility index (Phi) is 4.75. The Hall–Kier alpha value is -0.610. The van der Waals surface area contributed by atoms with E-state index in [0.717, 1.165) is 6.07 Å². The predicted octanol–water partition coefficient (Wildman–Crippen LogP) is 0.992. The van der Waals surface area contributed by atoms with Crippen LogP contribution in [0, 0.1) is 11.6 Å². The average Bonchev–Trinajstić information content (AvgIpc) is 2.73. The second-order valence-corrected chi connectivity index (χ2v) is 6.86. The Morgan fingerprint density at radius 2 is 2.10 bits per heavy atom. The highest BCUT2D eigenvalue weighted by Gasteiger charge is 2.33. The number of hydrogen-bond donors (Lipinski definition) is 2. The molecule has 20 heavy (non-hydrogen) atoms. The number of ether oxygens (including phenoxy) is 1. The molecule has 0 aliphatic carbocycles. The second-order valence-electron chi connectivity index (χ2n) is 4.36. The molecule has 1 aromatic rings. The van der Waals surface area contributed by atoms with Gasteiger partial charge in [0, 0.05) is 30.7 Å². The molecule has 2 atom stereocenters. The smallest absolute Gasteiger partial charge is 0.245 e. The summed E-state index contributed by atoms with van der Waals surface area (Å²) >= 11 is 2.87. The summed E-state index contributed by atoms with van der Waals surface area (Å²) in [5.41, 5.74) is 0. The molecule has 1 saturated heterocycles. The third-order valence-corrected chi connectivity index (χ3v) is 5.45. The van der Waals surface area contributed by atoms with Crippen molar-refractivity contribution in [3.05, 3.63) is 28.2 Å². The van der Waals surface area contributed by atoms with Gasteiger partial charge in [-0.05, 0) is 22.0 Å². The molecule has 112 valence electrons. The molecule has 1 aliphatic heterocycles. The van der Waals surface area contributed by atoms with Gasteiger partial charge in [0.2, 0.25) is 10.0 Å². The van der Waals surface area contributed by atoms with Gasteiger partial charge in [0.05, 0.1) is 12.1 Å². The second kappa shape index (κ2) is 6.02. The first-order valence-electron chi connectivity index (χ1n) is 5.75. The van der Waals surface area contributed by atoms with Crippen LogP contribution in [-0.4, -0.2) is 40.8 Å². The maximum atomic E-state index is 13.7. The van der Waals surface area contributed by atoms with Crippen LogP contribution in [0.15, 0.2) is 21.5 Å². The quantitative estimate of drug-likeness (QED) is 0.829. The van der Waals surface area contributed by atoms with Gasteiger partial charge in [-0.3, -0.25) is 0 Å². The standard InChI is InChI=1S/C11H13BrF2N2O3S/c1-19-10-5-15-4-9(10)16-20(17,18)11-7(12)2-6(13)3-8(11)14/h2-3,9-10,15-16H,4-5H2,1H3/t9?,10-/m0/s1. The Morgan fingerprint density at radius 1 is 1.40 bits per heavy atom. The van der Waals surface area contributed by atoms with Gasteiger partial charge in [0.1, 0.15) is 16.5 Å². The highest BCUT2D eigenvalue weighted by atomic mass is 79.9. The maximum Gasteiger partial charge on any atom is 0.245 e. The van der Waals surface area contributed by atoms with Gasteiger partial charge in [0.15, 0.2) is 0 Å². The molecule has 0 saturated carbocycles. The molecule has 1 aromatic carbocycles. The summed E-state index contributed by atoms with van der Waals surface area (Å²) in [7, 11) is -2.66. The van der Waals surface area contributed by atoms with Crippen molar-refractivity contribution in [2.75, 3.05) is 20.2 Å². The molecule has 5 nitrogen and oxygen atoms in total. The van der Waals surface area contributed by atoms with Crippen molar-refractivity contribution in [3.63, 3.8) is 0 Å². The minimum atomic E-state index is -4.12. The van der Waals surface area contributed by atoms with E-state index < -0.39 is 32.6 Å². The molecular weight excluding hydrogens is 358 g/mol. The SMILES string of the molecule is CO[C@H]1CNCC1NS(=O)(=O)c1c(F)cc(F)cc1Br. The van der Waals surface area contributed by atoms with E-state index in [1.54, 1.807) is 0 Å². The zero-order valence-electron chi connectivity index (χ0n) is 10.5. The third-order valence-electron chi connectivity index (χ3n) is 3.00. The molecule has 9 heteroatoms. The monoisotopic (exact) mass is 370 g/mol. The lowest BCUT2D eigenvalue weighted by molar-refractivity contribution is 0.103. The highest BCUT2D eigenvalue weighted by molar-refractivity contribution is 9.10. The predicted molar refractivity (Wildman–Crippen MR) is 71.8 cm³/mol. The minimum absolute atomic E-state index is 0.164. The number of hydrogen-bond acceptors (Lipinski definition) is 4. The van der Waals surface area contributed by atoms with E-state index in [2.05, 4.69) is 26.0 Å². The molecule has 0 amide bonds. The Bertz CT molecular complexity index is 589. The van der Waals surface area contributed by atoms with Gasteiger partial charge >= 0.3 is 0 Å². The molecule has 2 rings (SSSR count). The molecule has 2 N–H and O–H groups in total. The summed E-state index contributed by atoms with van der Waals surface area (Å²) in [6.07, 6.45) is -0.341. The molecule has 1 unspecified atom stereocenters. The van der Waals surface area contributed by atoms with Crippen LogP contribution < -0.4 is 10.0 Å². The number of methoxy groups -OCH3 is 1. The summed E-state index contributed by atoms with van der Waals surface area (Å²) < 4.78 is 58.5. The van der Waals surface area contributed by atoms with Crippen LogP contribution in [0.5, 0.6) is 0 Å². The number of halogens is 3. The van der Waals surface area contributed by atoms with Crippen LogP contribution >= 0.6 is 15.9 Å². The first-order chi connectivity index (χ1) is 9.35. The zero-order chi connectivity index (χ0) is 14.9. The van der Waals surface area contributed by atoms with E-state index in [-0.39, 0.29) is 10.6 Å². The molecule has 1 heterocycles. The Morgan fingerprint density at radius 3 is 2.70 bits per heavy atom. The van der Waals surface area contributed by atoms with Gasteiger partial charge in [0.25, 0.3) is 0 Å². The zero-order valence-corrected chi connectivity index (χ0v) is 12.9. The van der Waals surface area contributed by atoms with Crippen LogP contribution in [-0.2, 0) is 14.8 Å². The van der Waals surface area contributed by atoms with E-state index in [1.807, 2.05) is 0 Å². The number of sulfonamides is 1.